The number of aromatic nitrogens is 3. The molecule has 0 saturated carbocycles. The van der Waals surface area contributed by atoms with Gasteiger partial charge in [-0.05, 0) is 63.1 Å². The Balaban J connectivity index is 1.77. The number of anilines is 1. The Morgan fingerprint density at radius 2 is 1.63 bits per heavy atom. The molecule has 6 heteroatoms. The highest BCUT2D eigenvalue weighted by Gasteiger charge is 2.18. The van der Waals surface area contributed by atoms with E-state index in [9.17, 15) is 9.59 Å². The summed E-state index contributed by atoms with van der Waals surface area (Å²) in [5, 5.41) is 3.49. The fourth-order valence-electron chi connectivity index (χ4n) is 3.87. The van der Waals surface area contributed by atoms with Crippen LogP contribution in [-0.4, -0.2) is 20.3 Å². The summed E-state index contributed by atoms with van der Waals surface area (Å²) in [6, 6.07) is 15.2. The summed E-state index contributed by atoms with van der Waals surface area (Å²) in [5.74, 6) is -0.214. The van der Waals surface area contributed by atoms with E-state index in [1.54, 1.807) is 23.0 Å². The van der Waals surface area contributed by atoms with Crippen LogP contribution in [0, 0.1) is 27.7 Å². The van der Waals surface area contributed by atoms with Crippen LogP contribution in [0.1, 0.15) is 22.3 Å². The van der Waals surface area contributed by atoms with Gasteiger partial charge in [-0.3, -0.25) is 14.3 Å². The summed E-state index contributed by atoms with van der Waals surface area (Å²) < 4.78 is 3.15. The SMILES string of the molecule is Cc1ccc(-n2c(=O)c3cccnc3n2CC(=O)Nc2c(C)cc(C)cc2C)cc1. The van der Waals surface area contributed by atoms with Gasteiger partial charge < -0.3 is 5.32 Å². The van der Waals surface area contributed by atoms with Crippen LogP contribution in [0.15, 0.2) is 59.5 Å². The van der Waals surface area contributed by atoms with Gasteiger partial charge in [0, 0.05) is 11.9 Å². The average molecular weight is 400 g/mol. The zero-order valence-corrected chi connectivity index (χ0v) is 17.6. The van der Waals surface area contributed by atoms with E-state index in [0.29, 0.717) is 16.7 Å². The quantitative estimate of drug-likeness (QED) is 0.562. The van der Waals surface area contributed by atoms with Gasteiger partial charge in [-0.1, -0.05) is 35.4 Å². The minimum Gasteiger partial charge on any atom is -0.324 e. The van der Waals surface area contributed by atoms with Crippen LogP contribution in [0.3, 0.4) is 0 Å². The maximum atomic E-state index is 13.1. The molecule has 0 unspecified atom stereocenters. The number of rotatable bonds is 4. The highest BCUT2D eigenvalue weighted by molar-refractivity contribution is 5.93. The Morgan fingerprint density at radius 1 is 0.967 bits per heavy atom. The van der Waals surface area contributed by atoms with Crippen LogP contribution in [0.2, 0.25) is 0 Å². The summed E-state index contributed by atoms with van der Waals surface area (Å²) in [4.78, 5) is 30.5. The molecule has 2 aromatic carbocycles. The van der Waals surface area contributed by atoms with E-state index in [4.69, 9.17) is 0 Å². The number of aryl methyl sites for hydroxylation is 4. The number of pyridine rings is 1. The van der Waals surface area contributed by atoms with Crippen molar-refractivity contribution in [2.45, 2.75) is 34.2 Å². The largest absolute Gasteiger partial charge is 0.324 e. The fourth-order valence-corrected chi connectivity index (χ4v) is 3.87. The van der Waals surface area contributed by atoms with Crippen molar-refractivity contribution in [3.63, 3.8) is 0 Å². The number of carbonyl (C=O) groups excluding carboxylic acids is 1. The van der Waals surface area contributed by atoms with Crippen molar-refractivity contribution >= 4 is 22.6 Å². The van der Waals surface area contributed by atoms with Gasteiger partial charge in [-0.2, -0.15) is 0 Å². The molecule has 0 bridgehead atoms. The number of carbonyl (C=O) groups is 1. The standard InChI is InChI=1S/C24H24N4O2/c1-15-7-9-19(10-8-15)28-24(30)20-6-5-11-25-23(20)27(28)14-21(29)26-22-17(3)12-16(2)13-18(22)4/h5-13H,14H2,1-4H3,(H,26,29). The van der Waals surface area contributed by atoms with Crippen LogP contribution in [-0.2, 0) is 11.3 Å². The molecule has 4 rings (SSSR count). The molecule has 152 valence electrons. The zero-order valence-electron chi connectivity index (χ0n) is 17.6. The van der Waals surface area contributed by atoms with Gasteiger partial charge in [0.15, 0.2) is 5.65 Å². The molecule has 0 fully saturated rings. The third-order valence-corrected chi connectivity index (χ3v) is 5.21. The fraction of sp³-hybridized carbons (Fsp3) is 0.208. The van der Waals surface area contributed by atoms with Crippen molar-refractivity contribution in [3.8, 4) is 5.69 Å². The maximum Gasteiger partial charge on any atom is 0.280 e. The van der Waals surface area contributed by atoms with Crippen molar-refractivity contribution in [1.82, 2.24) is 14.3 Å². The molecule has 30 heavy (non-hydrogen) atoms. The molecule has 0 atom stereocenters. The minimum atomic E-state index is -0.214. The number of benzene rings is 2. The number of fused-ring (bicyclic) bond motifs is 1. The molecule has 1 N–H and O–H groups in total. The molecular weight excluding hydrogens is 376 g/mol. The normalized spacial score (nSPS) is 11.1. The summed E-state index contributed by atoms with van der Waals surface area (Å²) in [6.07, 6.45) is 1.63. The van der Waals surface area contributed by atoms with Crippen molar-refractivity contribution in [3.05, 3.63) is 87.3 Å². The number of nitrogens with zero attached hydrogens (tertiary/aromatic N) is 3. The van der Waals surface area contributed by atoms with Crippen LogP contribution in [0.5, 0.6) is 0 Å². The molecule has 0 spiro atoms. The molecule has 0 aliphatic heterocycles. The third-order valence-electron chi connectivity index (χ3n) is 5.21. The predicted molar refractivity (Wildman–Crippen MR) is 119 cm³/mol. The third kappa shape index (κ3) is 3.52. The van der Waals surface area contributed by atoms with Crippen LogP contribution in [0.25, 0.3) is 16.7 Å². The van der Waals surface area contributed by atoms with Gasteiger partial charge in [-0.25, -0.2) is 9.67 Å². The highest BCUT2D eigenvalue weighted by atomic mass is 16.2. The van der Waals surface area contributed by atoms with Crippen molar-refractivity contribution in [2.75, 3.05) is 5.32 Å². The predicted octanol–water partition coefficient (Wildman–Crippen LogP) is 4.06. The molecule has 4 aromatic rings. The second-order valence-corrected chi connectivity index (χ2v) is 7.71. The van der Waals surface area contributed by atoms with Crippen LogP contribution < -0.4 is 10.9 Å². The first-order chi connectivity index (χ1) is 14.3. The van der Waals surface area contributed by atoms with E-state index >= 15 is 0 Å². The minimum absolute atomic E-state index is 0.0314. The average Bonchev–Trinajstić information content (AvgIpc) is 2.97. The lowest BCUT2D eigenvalue weighted by atomic mass is 10.1. The molecule has 6 nitrogen and oxygen atoms in total. The van der Waals surface area contributed by atoms with Gasteiger partial charge in [0.05, 0.1) is 11.1 Å². The molecular formula is C24H24N4O2. The summed E-state index contributed by atoms with van der Waals surface area (Å²) in [5.41, 5.74) is 6.04. The van der Waals surface area contributed by atoms with Gasteiger partial charge >= 0.3 is 0 Å². The number of hydrogen-bond acceptors (Lipinski definition) is 3. The summed E-state index contributed by atoms with van der Waals surface area (Å²) in [7, 11) is 0. The van der Waals surface area contributed by atoms with E-state index in [-0.39, 0.29) is 18.0 Å². The van der Waals surface area contributed by atoms with Gasteiger partial charge in [0.2, 0.25) is 5.91 Å². The topological polar surface area (TPSA) is 68.9 Å². The van der Waals surface area contributed by atoms with E-state index in [1.807, 2.05) is 64.1 Å². The van der Waals surface area contributed by atoms with E-state index < -0.39 is 0 Å². The van der Waals surface area contributed by atoms with Gasteiger partial charge in [0.25, 0.3) is 5.56 Å². The molecule has 2 heterocycles. The van der Waals surface area contributed by atoms with Crippen molar-refractivity contribution < 1.29 is 4.79 Å². The summed E-state index contributed by atoms with van der Waals surface area (Å²) in [6.45, 7) is 7.94. The molecule has 2 aromatic heterocycles. The number of nitrogens with one attached hydrogen (secondary N) is 1. The second-order valence-electron chi connectivity index (χ2n) is 7.71. The van der Waals surface area contributed by atoms with Crippen molar-refractivity contribution in [1.29, 1.82) is 0 Å². The Bertz CT molecular complexity index is 1290. The Labute approximate surface area is 174 Å². The zero-order chi connectivity index (χ0) is 21.4. The van der Waals surface area contributed by atoms with Crippen LogP contribution in [0.4, 0.5) is 5.69 Å². The monoisotopic (exact) mass is 400 g/mol. The Kier molecular flexibility index (Phi) is 4.99. The first-order valence-corrected chi connectivity index (χ1v) is 9.86. The Hall–Kier alpha value is -3.67. The smallest absolute Gasteiger partial charge is 0.280 e. The van der Waals surface area contributed by atoms with E-state index in [1.165, 1.54) is 4.68 Å². The number of amides is 1. The molecule has 0 aliphatic rings. The first kappa shape index (κ1) is 19.6. The van der Waals surface area contributed by atoms with Crippen LogP contribution >= 0.6 is 0 Å². The highest BCUT2D eigenvalue weighted by Crippen LogP contribution is 2.22. The lowest BCUT2D eigenvalue weighted by molar-refractivity contribution is -0.117. The summed E-state index contributed by atoms with van der Waals surface area (Å²) >= 11 is 0. The van der Waals surface area contributed by atoms with Gasteiger partial charge in [-0.15, -0.1) is 0 Å². The molecule has 0 aliphatic carbocycles. The number of hydrogen-bond donors (Lipinski definition) is 1. The maximum absolute atomic E-state index is 13.1. The first-order valence-electron chi connectivity index (χ1n) is 9.86. The lowest BCUT2D eigenvalue weighted by Gasteiger charge is -2.15. The lowest BCUT2D eigenvalue weighted by Crippen LogP contribution is -2.27. The second kappa shape index (κ2) is 7.63. The Morgan fingerprint density at radius 3 is 2.30 bits per heavy atom. The van der Waals surface area contributed by atoms with E-state index in [2.05, 4.69) is 10.3 Å². The molecule has 0 radical (unpaired) electrons. The molecule has 1 amide bonds. The van der Waals surface area contributed by atoms with E-state index in [0.717, 1.165) is 27.9 Å². The molecule has 0 saturated heterocycles. The van der Waals surface area contributed by atoms with Gasteiger partial charge in [0.1, 0.15) is 6.54 Å². The van der Waals surface area contributed by atoms with Crippen molar-refractivity contribution in [2.24, 2.45) is 0 Å².